The van der Waals surface area contributed by atoms with Gasteiger partial charge in [-0.05, 0) is 56.0 Å². The molecule has 2 aliphatic heterocycles. The van der Waals surface area contributed by atoms with Crippen molar-refractivity contribution in [3.05, 3.63) is 54.1 Å². The number of amides is 2. The number of benzene rings is 2. The summed E-state index contributed by atoms with van der Waals surface area (Å²) < 4.78 is 27.1. The van der Waals surface area contributed by atoms with Crippen molar-refractivity contribution in [3.63, 3.8) is 0 Å². The molecule has 0 saturated carbocycles. The lowest BCUT2D eigenvalue weighted by molar-refractivity contribution is -0.127. The summed E-state index contributed by atoms with van der Waals surface area (Å²) in [5.41, 5.74) is 0.878. The van der Waals surface area contributed by atoms with E-state index >= 15 is 0 Å². The van der Waals surface area contributed by atoms with Crippen molar-refractivity contribution in [1.29, 1.82) is 0 Å². The molecule has 4 rings (SSSR count). The van der Waals surface area contributed by atoms with Crippen molar-refractivity contribution in [2.75, 3.05) is 37.2 Å². The molecule has 2 heterocycles. The van der Waals surface area contributed by atoms with Crippen LogP contribution in [0.2, 0.25) is 0 Å². The minimum absolute atomic E-state index is 0.0857. The lowest BCUT2D eigenvalue weighted by Crippen LogP contribution is -2.29. The van der Waals surface area contributed by atoms with E-state index in [1.807, 2.05) is 17.0 Å². The molecule has 1 N–H and O–H groups in total. The number of hydrogen-bond donors (Lipinski definition) is 1. The van der Waals surface area contributed by atoms with Gasteiger partial charge in [-0.3, -0.25) is 9.59 Å². The minimum Gasteiger partial charge on any atom is -0.342 e. The van der Waals surface area contributed by atoms with E-state index < -0.39 is 10.0 Å². The molecule has 0 atom stereocenters. The number of carbonyl (C=O) groups excluding carboxylic acids is 2. The van der Waals surface area contributed by atoms with E-state index in [4.69, 9.17) is 0 Å². The van der Waals surface area contributed by atoms with Crippen LogP contribution in [0.15, 0.2) is 58.3 Å². The van der Waals surface area contributed by atoms with Crippen molar-refractivity contribution in [2.24, 2.45) is 0 Å². The van der Waals surface area contributed by atoms with Crippen molar-refractivity contribution in [1.82, 2.24) is 9.21 Å². The van der Waals surface area contributed by atoms with Crippen LogP contribution in [0.1, 0.15) is 36.0 Å². The first kappa shape index (κ1) is 22.8. The molecule has 0 bridgehead atoms. The van der Waals surface area contributed by atoms with E-state index in [1.54, 1.807) is 30.3 Å². The second-order valence-corrected chi connectivity index (χ2v) is 10.9. The van der Waals surface area contributed by atoms with Gasteiger partial charge in [0.1, 0.15) is 0 Å². The van der Waals surface area contributed by atoms with E-state index in [0.29, 0.717) is 24.3 Å². The number of carbonyl (C=O) groups is 2. The molecule has 2 aromatic carbocycles. The van der Waals surface area contributed by atoms with Gasteiger partial charge in [0.2, 0.25) is 15.9 Å². The molecule has 7 nitrogen and oxygen atoms in total. The van der Waals surface area contributed by atoms with Gasteiger partial charge in [-0.1, -0.05) is 18.2 Å². The predicted octanol–water partition coefficient (Wildman–Crippen LogP) is 3.44. The smallest absolute Gasteiger partial charge is 0.256 e. The van der Waals surface area contributed by atoms with Crippen LogP contribution in [0.25, 0.3) is 0 Å². The normalized spacial score (nSPS) is 16.9. The van der Waals surface area contributed by atoms with Crippen LogP contribution >= 0.6 is 11.8 Å². The Labute approximate surface area is 193 Å². The van der Waals surface area contributed by atoms with Crippen LogP contribution in [0, 0.1) is 0 Å². The lowest BCUT2D eigenvalue weighted by Gasteiger charge is -2.17. The largest absolute Gasteiger partial charge is 0.342 e. The average molecular weight is 474 g/mol. The highest BCUT2D eigenvalue weighted by Crippen LogP contribution is 2.26. The van der Waals surface area contributed by atoms with Gasteiger partial charge in [-0.15, -0.1) is 11.8 Å². The van der Waals surface area contributed by atoms with Gasteiger partial charge in [0.05, 0.1) is 16.2 Å². The Hall–Kier alpha value is -2.36. The zero-order valence-electron chi connectivity index (χ0n) is 17.8. The molecular formula is C23H27N3O4S2. The second-order valence-electron chi connectivity index (χ2n) is 7.97. The first-order chi connectivity index (χ1) is 15.4. The maximum absolute atomic E-state index is 13.0. The van der Waals surface area contributed by atoms with Crippen molar-refractivity contribution < 1.29 is 18.0 Å². The van der Waals surface area contributed by atoms with E-state index in [9.17, 15) is 18.0 Å². The molecular weight excluding hydrogens is 446 g/mol. The molecule has 0 aliphatic carbocycles. The number of thioether (sulfide) groups is 1. The number of rotatable bonds is 7. The van der Waals surface area contributed by atoms with Crippen LogP contribution in [0.3, 0.4) is 0 Å². The van der Waals surface area contributed by atoms with E-state index in [1.165, 1.54) is 22.1 Å². The number of likely N-dealkylation sites (tertiary alicyclic amines) is 1. The van der Waals surface area contributed by atoms with Crippen LogP contribution < -0.4 is 5.32 Å². The van der Waals surface area contributed by atoms with Crippen LogP contribution in [0.5, 0.6) is 0 Å². The molecule has 2 fully saturated rings. The lowest BCUT2D eigenvalue weighted by atomic mass is 10.2. The van der Waals surface area contributed by atoms with Crippen LogP contribution in [-0.2, 0) is 14.8 Å². The van der Waals surface area contributed by atoms with Crippen molar-refractivity contribution in [3.8, 4) is 0 Å². The van der Waals surface area contributed by atoms with Crippen molar-refractivity contribution in [2.45, 2.75) is 35.5 Å². The van der Waals surface area contributed by atoms with E-state index in [2.05, 4.69) is 5.32 Å². The summed E-state index contributed by atoms with van der Waals surface area (Å²) in [6, 6.07) is 13.5. The summed E-state index contributed by atoms with van der Waals surface area (Å²) in [6.07, 6.45) is 3.82. The second kappa shape index (κ2) is 10.1. The van der Waals surface area contributed by atoms with Gasteiger partial charge in [-0.2, -0.15) is 4.31 Å². The first-order valence-corrected chi connectivity index (χ1v) is 13.3. The molecule has 0 radical (unpaired) electrons. The highest BCUT2D eigenvalue weighted by molar-refractivity contribution is 8.00. The SMILES string of the molecule is O=C(Nc1cccc(S(=O)(=O)N2CCCC2)c1)c1ccccc1SCC(=O)N1CCCC1. The zero-order valence-corrected chi connectivity index (χ0v) is 19.5. The molecule has 0 spiro atoms. The molecule has 170 valence electrons. The Morgan fingerprint density at radius 3 is 2.34 bits per heavy atom. The Morgan fingerprint density at radius 1 is 0.906 bits per heavy atom. The van der Waals surface area contributed by atoms with Gasteiger partial charge in [0, 0.05) is 36.8 Å². The number of nitrogens with one attached hydrogen (secondary N) is 1. The number of anilines is 1. The fraction of sp³-hybridized carbons (Fsp3) is 0.391. The average Bonchev–Trinajstić information content (AvgIpc) is 3.53. The standard InChI is InChI=1S/C23H27N3O4S2/c27-22(25-12-3-4-13-25)17-31-21-11-2-1-10-20(21)23(28)24-18-8-7-9-19(16-18)32(29,30)26-14-5-6-15-26/h1-2,7-11,16H,3-6,12-15,17H2,(H,24,28). The van der Waals surface area contributed by atoms with Gasteiger partial charge in [-0.25, -0.2) is 8.42 Å². The van der Waals surface area contributed by atoms with Gasteiger partial charge in [0.15, 0.2) is 0 Å². The minimum atomic E-state index is -3.56. The Kier molecular flexibility index (Phi) is 7.17. The third-order valence-electron chi connectivity index (χ3n) is 5.74. The quantitative estimate of drug-likeness (QED) is 0.623. The molecule has 2 saturated heterocycles. The number of nitrogens with zero attached hydrogens (tertiary/aromatic N) is 2. The fourth-order valence-electron chi connectivity index (χ4n) is 3.99. The van der Waals surface area contributed by atoms with Gasteiger partial charge < -0.3 is 10.2 Å². The highest BCUT2D eigenvalue weighted by atomic mass is 32.2. The molecule has 2 aromatic rings. The summed E-state index contributed by atoms with van der Waals surface area (Å²) in [7, 11) is -3.56. The molecule has 0 unspecified atom stereocenters. The monoisotopic (exact) mass is 473 g/mol. The van der Waals surface area contributed by atoms with Crippen LogP contribution in [-0.4, -0.2) is 61.4 Å². The first-order valence-electron chi connectivity index (χ1n) is 10.9. The molecule has 0 aromatic heterocycles. The summed E-state index contributed by atoms with van der Waals surface area (Å²) in [5, 5.41) is 2.81. The Balaban J connectivity index is 1.46. The maximum atomic E-state index is 13.0. The molecule has 2 aliphatic rings. The maximum Gasteiger partial charge on any atom is 0.256 e. The molecule has 2 amide bonds. The van der Waals surface area contributed by atoms with Gasteiger partial charge >= 0.3 is 0 Å². The zero-order chi connectivity index (χ0) is 22.6. The summed E-state index contributed by atoms with van der Waals surface area (Å²) in [6.45, 7) is 2.66. The number of sulfonamides is 1. The molecule has 9 heteroatoms. The van der Waals surface area contributed by atoms with Crippen molar-refractivity contribution >= 4 is 39.3 Å². The fourth-order valence-corrected chi connectivity index (χ4v) is 6.50. The molecule has 32 heavy (non-hydrogen) atoms. The summed E-state index contributed by atoms with van der Waals surface area (Å²) >= 11 is 1.35. The third-order valence-corrected chi connectivity index (χ3v) is 8.69. The van der Waals surface area contributed by atoms with Crippen LogP contribution in [0.4, 0.5) is 5.69 Å². The highest BCUT2D eigenvalue weighted by Gasteiger charge is 2.27. The van der Waals surface area contributed by atoms with E-state index in [-0.39, 0.29) is 22.5 Å². The number of hydrogen-bond acceptors (Lipinski definition) is 5. The topological polar surface area (TPSA) is 86.8 Å². The van der Waals surface area contributed by atoms with Gasteiger partial charge in [0.25, 0.3) is 5.91 Å². The summed E-state index contributed by atoms with van der Waals surface area (Å²) in [5.74, 6) is 0.0355. The summed E-state index contributed by atoms with van der Waals surface area (Å²) in [4.78, 5) is 28.1. The Morgan fingerprint density at radius 2 is 1.59 bits per heavy atom. The predicted molar refractivity (Wildman–Crippen MR) is 125 cm³/mol. The van der Waals surface area contributed by atoms with E-state index in [0.717, 1.165) is 43.7 Å². The Bertz CT molecular complexity index is 1090. The third kappa shape index (κ3) is 5.16.